The van der Waals surface area contributed by atoms with E-state index in [2.05, 4.69) is 15.7 Å². The lowest BCUT2D eigenvalue weighted by atomic mass is 10.1. The first-order valence-corrected chi connectivity index (χ1v) is 9.34. The number of carbonyl (C=O) groups excluding carboxylic acids is 1. The van der Waals surface area contributed by atoms with E-state index < -0.39 is 0 Å². The zero-order valence-corrected chi connectivity index (χ0v) is 14.8. The summed E-state index contributed by atoms with van der Waals surface area (Å²) in [5.74, 6) is -0.0559. The second-order valence-electron chi connectivity index (χ2n) is 5.14. The number of hydrogen-bond acceptors (Lipinski definition) is 4. The third-order valence-corrected chi connectivity index (χ3v) is 5.38. The number of nitrogens with zero attached hydrogens (tertiary/aromatic N) is 1. The van der Waals surface area contributed by atoms with Crippen LogP contribution in [0.4, 0.5) is 0 Å². The van der Waals surface area contributed by atoms with E-state index in [4.69, 9.17) is 11.6 Å². The van der Waals surface area contributed by atoms with Crippen LogP contribution in [0.15, 0.2) is 46.5 Å². The quantitative estimate of drug-likeness (QED) is 0.698. The SMILES string of the molecule is C[C@@H](NC(=O)Cc1csc(-c2ccsc2)n1)c1ccccc1Cl. The van der Waals surface area contributed by atoms with Crippen molar-refractivity contribution in [3.63, 3.8) is 0 Å². The van der Waals surface area contributed by atoms with Crippen LogP contribution in [0.5, 0.6) is 0 Å². The molecule has 1 N–H and O–H groups in total. The number of rotatable bonds is 5. The first kappa shape index (κ1) is 16.2. The first-order chi connectivity index (χ1) is 11.1. The maximum Gasteiger partial charge on any atom is 0.226 e. The summed E-state index contributed by atoms with van der Waals surface area (Å²) in [5, 5.41) is 10.6. The first-order valence-electron chi connectivity index (χ1n) is 7.14. The normalized spacial score (nSPS) is 12.1. The summed E-state index contributed by atoms with van der Waals surface area (Å²) < 4.78 is 0. The number of amides is 1. The zero-order valence-electron chi connectivity index (χ0n) is 12.5. The molecule has 3 aromatic rings. The van der Waals surface area contributed by atoms with Crippen LogP contribution in [-0.4, -0.2) is 10.9 Å². The van der Waals surface area contributed by atoms with Crippen molar-refractivity contribution in [3.05, 3.63) is 62.8 Å². The number of nitrogens with one attached hydrogen (secondary N) is 1. The van der Waals surface area contributed by atoms with E-state index in [9.17, 15) is 4.79 Å². The molecule has 6 heteroatoms. The van der Waals surface area contributed by atoms with E-state index in [0.29, 0.717) is 5.02 Å². The van der Waals surface area contributed by atoms with Crippen molar-refractivity contribution in [2.75, 3.05) is 0 Å². The van der Waals surface area contributed by atoms with E-state index in [1.54, 1.807) is 22.7 Å². The van der Waals surface area contributed by atoms with E-state index in [1.807, 2.05) is 48.0 Å². The fraction of sp³-hybridized carbons (Fsp3) is 0.176. The summed E-state index contributed by atoms with van der Waals surface area (Å²) in [6, 6.07) is 9.44. The third kappa shape index (κ3) is 3.99. The Morgan fingerprint density at radius 1 is 1.30 bits per heavy atom. The lowest BCUT2D eigenvalue weighted by molar-refractivity contribution is -0.121. The lowest BCUT2D eigenvalue weighted by Gasteiger charge is -2.15. The van der Waals surface area contributed by atoms with Crippen LogP contribution in [0.1, 0.15) is 24.2 Å². The van der Waals surface area contributed by atoms with Gasteiger partial charge in [-0.2, -0.15) is 11.3 Å². The van der Waals surface area contributed by atoms with Crippen LogP contribution in [0.3, 0.4) is 0 Å². The van der Waals surface area contributed by atoms with Crippen molar-refractivity contribution in [3.8, 4) is 10.6 Å². The highest BCUT2D eigenvalue weighted by Gasteiger charge is 2.14. The average molecular weight is 363 g/mol. The van der Waals surface area contributed by atoms with Crippen molar-refractivity contribution >= 4 is 40.2 Å². The van der Waals surface area contributed by atoms with Crippen LogP contribution >= 0.6 is 34.3 Å². The summed E-state index contributed by atoms with van der Waals surface area (Å²) in [7, 11) is 0. The molecular formula is C17H15ClN2OS2. The van der Waals surface area contributed by atoms with Crippen LogP contribution in [-0.2, 0) is 11.2 Å². The van der Waals surface area contributed by atoms with Gasteiger partial charge in [0.15, 0.2) is 0 Å². The Balaban J connectivity index is 1.62. The number of benzene rings is 1. The fourth-order valence-electron chi connectivity index (χ4n) is 2.27. The van der Waals surface area contributed by atoms with Crippen molar-refractivity contribution in [2.45, 2.75) is 19.4 Å². The minimum atomic E-state index is -0.133. The minimum Gasteiger partial charge on any atom is -0.349 e. The molecule has 0 aliphatic heterocycles. The van der Waals surface area contributed by atoms with Crippen molar-refractivity contribution in [2.24, 2.45) is 0 Å². The molecule has 0 aliphatic carbocycles. The number of aromatic nitrogens is 1. The highest BCUT2D eigenvalue weighted by atomic mass is 35.5. The van der Waals surface area contributed by atoms with Crippen LogP contribution in [0.25, 0.3) is 10.6 Å². The summed E-state index contributed by atoms with van der Waals surface area (Å²) in [6.07, 6.45) is 0.273. The lowest BCUT2D eigenvalue weighted by Crippen LogP contribution is -2.28. The van der Waals surface area contributed by atoms with Gasteiger partial charge in [-0.05, 0) is 30.0 Å². The molecular weight excluding hydrogens is 348 g/mol. The van der Waals surface area contributed by atoms with Gasteiger partial charge in [0.1, 0.15) is 5.01 Å². The van der Waals surface area contributed by atoms with Gasteiger partial charge in [-0.3, -0.25) is 4.79 Å². The molecule has 2 heterocycles. The number of hydrogen-bond donors (Lipinski definition) is 1. The predicted molar refractivity (Wildman–Crippen MR) is 97.1 cm³/mol. The smallest absolute Gasteiger partial charge is 0.226 e. The van der Waals surface area contributed by atoms with E-state index in [1.165, 1.54) is 0 Å². The van der Waals surface area contributed by atoms with Crippen LogP contribution in [0, 0.1) is 0 Å². The Kier molecular flexibility index (Phi) is 5.10. The largest absolute Gasteiger partial charge is 0.349 e. The second-order valence-corrected chi connectivity index (χ2v) is 7.19. The molecule has 0 spiro atoms. The van der Waals surface area contributed by atoms with E-state index in [-0.39, 0.29) is 18.4 Å². The fourth-order valence-corrected chi connectivity index (χ4v) is 4.10. The van der Waals surface area contributed by atoms with Gasteiger partial charge in [0.05, 0.1) is 18.2 Å². The summed E-state index contributed by atoms with van der Waals surface area (Å²) in [6.45, 7) is 1.93. The van der Waals surface area contributed by atoms with E-state index in [0.717, 1.165) is 21.8 Å². The van der Waals surface area contributed by atoms with Gasteiger partial charge in [-0.25, -0.2) is 4.98 Å². The van der Waals surface area contributed by atoms with Gasteiger partial charge in [0, 0.05) is 21.3 Å². The molecule has 2 aromatic heterocycles. The van der Waals surface area contributed by atoms with Gasteiger partial charge in [-0.15, -0.1) is 11.3 Å². The summed E-state index contributed by atoms with van der Waals surface area (Å²) >= 11 is 9.36. The third-order valence-electron chi connectivity index (χ3n) is 3.41. The average Bonchev–Trinajstić information content (AvgIpc) is 3.18. The summed E-state index contributed by atoms with van der Waals surface area (Å²) in [4.78, 5) is 16.7. The van der Waals surface area contributed by atoms with Crippen LogP contribution < -0.4 is 5.32 Å². The van der Waals surface area contributed by atoms with Crippen molar-refractivity contribution in [1.29, 1.82) is 0 Å². The standard InChI is InChI=1S/C17H15ClN2OS2/c1-11(14-4-2-3-5-15(14)18)19-16(21)8-13-10-23-17(20-13)12-6-7-22-9-12/h2-7,9-11H,8H2,1H3,(H,19,21)/t11-/m1/s1. The Labute approximate surface area is 148 Å². The molecule has 1 aromatic carbocycles. The predicted octanol–water partition coefficient (Wildman–Crippen LogP) is 4.94. The van der Waals surface area contributed by atoms with E-state index >= 15 is 0 Å². The highest BCUT2D eigenvalue weighted by Crippen LogP contribution is 2.26. The highest BCUT2D eigenvalue weighted by molar-refractivity contribution is 7.14. The van der Waals surface area contributed by atoms with Gasteiger partial charge in [-0.1, -0.05) is 29.8 Å². The molecule has 3 nitrogen and oxygen atoms in total. The van der Waals surface area contributed by atoms with Crippen molar-refractivity contribution in [1.82, 2.24) is 10.3 Å². The molecule has 0 bridgehead atoms. The van der Waals surface area contributed by atoms with Gasteiger partial charge >= 0.3 is 0 Å². The maximum atomic E-state index is 12.2. The molecule has 0 saturated carbocycles. The number of thiophene rings is 1. The van der Waals surface area contributed by atoms with Gasteiger partial charge < -0.3 is 5.32 Å². The number of carbonyl (C=O) groups is 1. The number of halogens is 1. The molecule has 118 valence electrons. The molecule has 0 radical (unpaired) electrons. The zero-order chi connectivity index (χ0) is 16.2. The molecule has 1 atom stereocenters. The Hall–Kier alpha value is -1.69. The Bertz CT molecular complexity index is 799. The van der Waals surface area contributed by atoms with Gasteiger partial charge in [0.2, 0.25) is 5.91 Å². The number of thiazole rings is 1. The summed E-state index contributed by atoms with van der Waals surface area (Å²) in [5.41, 5.74) is 2.82. The Morgan fingerprint density at radius 3 is 2.87 bits per heavy atom. The van der Waals surface area contributed by atoms with Gasteiger partial charge in [0.25, 0.3) is 0 Å². The molecule has 23 heavy (non-hydrogen) atoms. The van der Waals surface area contributed by atoms with Crippen molar-refractivity contribution < 1.29 is 4.79 Å². The maximum absolute atomic E-state index is 12.2. The van der Waals surface area contributed by atoms with Crippen LogP contribution in [0.2, 0.25) is 5.02 Å². The Morgan fingerprint density at radius 2 is 2.13 bits per heavy atom. The monoisotopic (exact) mass is 362 g/mol. The molecule has 3 rings (SSSR count). The topological polar surface area (TPSA) is 42.0 Å². The minimum absolute atomic E-state index is 0.0559. The molecule has 0 fully saturated rings. The molecule has 0 saturated heterocycles. The molecule has 0 unspecified atom stereocenters. The second kappa shape index (κ2) is 7.25. The molecule has 1 amide bonds. The molecule has 0 aliphatic rings.